The van der Waals surface area contributed by atoms with Gasteiger partial charge in [-0.1, -0.05) is 13.8 Å². The Morgan fingerprint density at radius 3 is 2.88 bits per heavy atom. The quantitative estimate of drug-likeness (QED) is 0.615. The van der Waals surface area contributed by atoms with Gasteiger partial charge in [-0.25, -0.2) is 0 Å². The molecule has 0 saturated carbocycles. The van der Waals surface area contributed by atoms with E-state index in [0.717, 1.165) is 49.8 Å². The maximum Gasteiger partial charge on any atom is 0.193 e. The number of fused-ring (bicyclic) bond motifs is 1. The maximum atomic E-state index is 6.04. The number of rotatable bonds is 5. The van der Waals surface area contributed by atoms with Gasteiger partial charge < -0.3 is 25.3 Å². The molecule has 7 nitrogen and oxygen atoms in total. The third-order valence-electron chi connectivity index (χ3n) is 4.33. The van der Waals surface area contributed by atoms with Gasteiger partial charge in [-0.2, -0.15) is 0 Å². The van der Waals surface area contributed by atoms with Crippen LogP contribution in [0, 0.1) is 5.92 Å². The molecule has 3 rings (SSSR count). The second-order valence-electron chi connectivity index (χ2n) is 7.21. The van der Waals surface area contributed by atoms with E-state index < -0.39 is 0 Å². The topological polar surface area (TPSA) is 81.3 Å². The lowest BCUT2D eigenvalue weighted by molar-refractivity contribution is -0.0261. The summed E-state index contributed by atoms with van der Waals surface area (Å²) in [6.45, 7) is 10.1. The highest BCUT2D eigenvalue weighted by Crippen LogP contribution is 2.32. The van der Waals surface area contributed by atoms with Crippen molar-refractivity contribution in [2.24, 2.45) is 16.6 Å². The molecule has 0 bridgehead atoms. The Balaban J connectivity index is 1.53. The number of morpholine rings is 1. The number of nitrogens with two attached hydrogens (primary N) is 1. The highest BCUT2D eigenvalue weighted by Gasteiger charge is 2.20. The third-order valence-corrected chi connectivity index (χ3v) is 4.33. The second kappa shape index (κ2) is 9.09. The predicted molar refractivity (Wildman–Crippen MR) is 103 cm³/mol. The van der Waals surface area contributed by atoms with E-state index in [1.165, 1.54) is 0 Å². The summed E-state index contributed by atoms with van der Waals surface area (Å²) in [6, 6.07) is 5.70. The number of anilines is 1. The number of guanidine groups is 1. The Labute approximate surface area is 155 Å². The highest BCUT2D eigenvalue weighted by molar-refractivity contribution is 5.92. The zero-order chi connectivity index (χ0) is 18.4. The van der Waals surface area contributed by atoms with Gasteiger partial charge in [-0.05, 0) is 18.1 Å². The fraction of sp³-hybridized carbons (Fsp3) is 0.632. The van der Waals surface area contributed by atoms with Crippen LogP contribution < -0.4 is 20.5 Å². The van der Waals surface area contributed by atoms with Crippen LogP contribution in [0.3, 0.4) is 0 Å². The Bertz CT molecular complexity index is 621. The Morgan fingerprint density at radius 1 is 1.27 bits per heavy atom. The van der Waals surface area contributed by atoms with Gasteiger partial charge in [-0.15, -0.1) is 0 Å². The second-order valence-corrected chi connectivity index (χ2v) is 7.21. The number of aliphatic imine (C=N–C) groups is 1. The van der Waals surface area contributed by atoms with Crippen molar-refractivity contribution in [2.75, 3.05) is 51.3 Å². The molecule has 0 amide bonds. The molecule has 26 heavy (non-hydrogen) atoms. The van der Waals surface area contributed by atoms with Crippen molar-refractivity contribution in [3.8, 4) is 11.5 Å². The van der Waals surface area contributed by atoms with E-state index in [2.05, 4.69) is 29.1 Å². The zero-order valence-electron chi connectivity index (χ0n) is 15.7. The van der Waals surface area contributed by atoms with Crippen molar-refractivity contribution >= 4 is 11.6 Å². The molecule has 1 saturated heterocycles. The molecule has 0 spiro atoms. The van der Waals surface area contributed by atoms with Gasteiger partial charge in [0.1, 0.15) is 0 Å². The van der Waals surface area contributed by atoms with Crippen LogP contribution in [0.15, 0.2) is 23.2 Å². The van der Waals surface area contributed by atoms with Crippen molar-refractivity contribution in [2.45, 2.75) is 26.4 Å². The molecule has 144 valence electrons. The fourth-order valence-corrected chi connectivity index (χ4v) is 3.20. The van der Waals surface area contributed by atoms with E-state index in [1.807, 2.05) is 18.2 Å². The van der Waals surface area contributed by atoms with Crippen molar-refractivity contribution in [1.29, 1.82) is 0 Å². The number of nitrogens with zero attached hydrogens (tertiary/aromatic N) is 2. The lowest BCUT2D eigenvalue weighted by Crippen LogP contribution is -2.45. The molecular formula is C19H30N4O3. The molecule has 7 heteroatoms. The van der Waals surface area contributed by atoms with E-state index >= 15 is 0 Å². The van der Waals surface area contributed by atoms with Crippen LogP contribution in [0.2, 0.25) is 0 Å². The summed E-state index contributed by atoms with van der Waals surface area (Å²) in [4.78, 5) is 6.88. The molecular weight excluding hydrogens is 332 g/mol. The molecule has 2 heterocycles. The summed E-state index contributed by atoms with van der Waals surface area (Å²) in [6.07, 6.45) is 0.975. The van der Waals surface area contributed by atoms with Crippen molar-refractivity contribution in [3.63, 3.8) is 0 Å². The average molecular weight is 362 g/mol. The molecule has 1 unspecified atom stereocenters. The summed E-state index contributed by atoms with van der Waals surface area (Å²) in [5, 5.41) is 3.12. The SMILES string of the molecule is CC(C)CN1CCOC(CN=C(N)Nc2ccc3c(c2)OCCCO3)C1. The number of benzene rings is 1. The van der Waals surface area contributed by atoms with Gasteiger partial charge in [0.2, 0.25) is 0 Å². The van der Waals surface area contributed by atoms with E-state index in [0.29, 0.717) is 31.6 Å². The summed E-state index contributed by atoms with van der Waals surface area (Å²) >= 11 is 0. The molecule has 0 aliphatic carbocycles. The van der Waals surface area contributed by atoms with Crippen LogP contribution in [0.25, 0.3) is 0 Å². The first-order valence-corrected chi connectivity index (χ1v) is 9.40. The molecule has 1 aromatic carbocycles. The number of hydrogen-bond donors (Lipinski definition) is 2. The third kappa shape index (κ3) is 5.51. The van der Waals surface area contributed by atoms with Crippen molar-refractivity contribution < 1.29 is 14.2 Å². The molecule has 3 N–H and O–H groups in total. The summed E-state index contributed by atoms with van der Waals surface area (Å²) in [5.41, 5.74) is 6.88. The van der Waals surface area contributed by atoms with Crippen LogP contribution in [0.1, 0.15) is 20.3 Å². The average Bonchev–Trinajstić information content (AvgIpc) is 2.85. The molecule has 0 aromatic heterocycles. The monoisotopic (exact) mass is 362 g/mol. The number of ether oxygens (including phenoxy) is 3. The minimum atomic E-state index is 0.0895. The van der Waals surface area contributed by atoms with Crippen LogP contribution in [0.5, 0.6) is 11.5 Å². The van der Waals surface area contributed by atoms with E-state index in [-0.39, 0.29) is 6.10 Å². The van der Waals surface area contributed by atoms with Crippen LogP contribution in [-0.2, 0) is 4.74 Å². The van der Waals surface area contributed by atoms with Gasteiger partial charge in [0.05, 0.1) is 32.5 Å². The predicted octanol–water partition coefficient (Wildman–Crippen LogP) is 1.93. The number of hydrogen-bond acceptors (Lipinski definition) is 5. The highest BCUT2D eigenvalue weighted by atomic mass is 16.5. The smallest absolute Gasteiger partial charge is 0.193 e. The van der Waals surface area contributed by atoms with Gasteiger partial charge in [-0.3, -0.25) is 9.89 Å². The Morgan fingerprint density at radius 2 is 2.08 bits per heavy atom. The van der Waals surface area contributed by atoms with Gasteiger partial charge in [0.15, 0.2) is 17.5 Å². The standard InChI is InChI=1S/C19H30N4O3/c1-14(2)12-23-6-9-24-16(13-23)11-21-19(20)22-15-4-5-17-18(10-15)26-8-3-7-25-17/h4-5,10,14,16H,3,6-9,11-13H2,1-2H3,(H3,20,21,22). The first-order chi connectivity index (χ1) is 12.6. The van der Waals surface area contributed by atoms with E-state index in [4.69, 9.17) is 19.9 Å². The largest absolute Gasteiger partial charge is 0.490 e. The van der Waals surface area contributed by atoms with Crippen LogP contribution >= 0.6 is 0 Å². The zero-order valence-corrected chi connectivity index (χ0v) is 15.7. The van der Waals surface area contributed by atoms with E-state index in [9.17, 15) is 0 Å². The molecule has 1 fully saturated rings. The lowest BCUT2D eigenvalue weighted by Gasteiger charge is -2.33. The minimum Gasteiger partial charge on any atom is -0.490 e. The normalized spacial score (nSPS) is 21.5. The molecule has 2 aliphatic rings. The summed E-state index contributed by atoms with van der Waals surface area (Å²) in [7, 11) is 0. The molecule has 1 atom stereocenters. The van der Waals surface area contributed by atoms with Crippen LogP contribution in [0.4, 0.5) is 5.69 Å². The first-order valence-electron chi connectivity index (χ1n) is 9.40. The summed E-state index contributed by atoms with van der Waals surface area (Å²) < 4.78 is 17.1. The Kier molecular flexibility index (Phi) is 6.57. The van der Waals surface area contributed by atoms with Crippen molar-refractivity contribution in [1.82, 2.24) is 4.90 Å². The Hall–Kier alpha value is -1.99. The van der Waals surface area contributed by atoms with Crippen molar-refractivity contribution in [3.05, 3.63) is 18.2 Å². The first kappa shape index (κ1) is 18.8. The molecule has 0 radical (unpaired) electrons. The minimum absolute atomic E-state index is 0.0895. The molecule has 1 aromatic rings. The van der Waals surface area contributed by atoms with Gasteiger partial charge >= 0.3 is 0 Å². The van der Waals surface area contributed by atoms with Gasteiger partial charge in [0.25, 0.3) is 0 Å². The summed E-state index contributed by atoms with van der Waals surface area (Å²) in [5.74, 6) is 2.54. The fourth-order valence-electron chi connectivity index (χ4n) is 3.20. The molecule has 2 aliphatic heterocycles. The number of nitrogens with one attached hydrogen (secondary N) is 1. The maximum absolute atomic E-state index is 6.04. The lowest BCUT2D eigenvalue weighted by atomic mass is 10.2. The van der Waals surface area contributed by atoms with E-state index in [1.54, 1.807) is 0 Å². The van der Waals surface area contributed by atoms with Crippen LogP contribution in [-0.4, -0.2) is 63.0 Å². The van der Waals surface area contributed by atoms with Gasteiger partial charge in [0, 0.05) is 37.8 Å².